The predicted molar refractivity (Wildman–Crippen MR) is 113 cm³/mol. The third kappa shape index (κ3) is 3.14. The number of aryl methyl sites for hydroxylation is 1. The summed E-state index contributed by atoms with van der Waals surface area (Å²) in [7, 11) is 6.40. The zero-order valence-electron chi connectivity index (χ0n) is 17.9. The Kier molecular flexibility index (Phi) is 5.28. The van der Waals surface area contributed by atoms with Crippen molar-refractivity contribution in [3.63, 3.8) is 0 Å². The number of rotatable bonds is 5. The van der Waals surface area contributed by atoms with E-state index in [9.17, 15) is 4.79 Å². The summed E-state index contributed by atoms with van der Waals surface area (Å²) in [5.74, 6) is 2.37. The minimum Gasteiger partial charge on any atom is -0.497 e. The van der Waals surface area contributed by atoms with Crippen LogP contribution in [0.25, 0.3) is 0 Å². The maximum absolute atomic E-state index is 12.5. The van der Waals surface area contributed by atoms with Crippen LogP contribution in [0.15, 0.2) is 35.4 Å². The molecule has 2 unspecified atom stereocenters. The molecular weight excluding hydrogens is 384 g/mol. The summed E-state index contributed by atoms with van der Waals surface area (Å²) in [6.45, 7) is 1.54. The molecule has 2 aromatic carbocycles. The SMILES string of the molecule is COc1ccc2c(c1)C1=NN(C(C)=O)C(c3cc(OC)c(OC)c(OC)c3)C1CC2. The number of hydrogen-bond donors (Lipinski definition) is 0. The molecule has 0 spiro atoms. The molecule has 1 aliphatic carbocycles. The largest absolute Gasteiger partial charge is 0.497 e. The van der Waals surface area contributed by atoms with Gasteiger partial charge in [0.25, 0.3) is 0 Å². The molecule has 4 rings (SSSR count). The van der Waals surface area contributed by atoms with E-state index < -0.39 is 0 Å². The lowest BCUT2D eigenvalue weighted by atomic mass is 9.77. The van der Waals surface area contributed by atoms with Crippen LogP contribution in [0.5, 0.6) is 23.0 Å². The third-order valence-corrected chi connectivity index (χ3v) is 5.88. The van der Waals surface area contributed by atoms with Crippen LogP contribution in [0.4, 0.5) is 0 Å². The average molecular weight is 410 g/mol. The summed E-state index contributed by atoms with van der Waals surface area (Å²) in [5, 5.41) is 6.35. The zero-order chi connectivity index (χ0) is 21.4. The van der Waals surface area contributed by atoms with E-state index in [2.05, 4.69) is 6.07 Å². The van der Waals surface area contributed by atoms with Gasteiger partial charge in [-0.3, -0.25) is 4.79 Å². The fourth-order valence-electron chi connectivity index (χ4n) is 4.48. The Hall–Kier alpha value is -3.22. The number of hydrazone groups is 1. The summed E-state index contributed by atoms with van der Waals surface area (Å²) in [5.41, 5.74) is 4.09. The summed E-state index contributed by atoms with van der Waals surface area (Å²) < 4.78 is 21.9. The van der Waals surface area contributed by atoms with Crippen LogP contribution in [0.1, 0.15) is 36.1 Å². The normalized spacial score (nSPS) is 19.5. The van der Waals surface area contributed by atoms with Crippen molar-refractivity contribution in [2.45, 2.75) is 25.8 Å². The van der Waals surface area contributed by atoms with Crippen LogP contribution >= 0.6 is 0 Å². The Morgan fingerprint density at radius 3 is 2.27 bits per heavy atom. The van der Waals surface area contributed by atoms with Crippen molar-refractivity contribution in [3.8, 4) is 23.0 Å². The van der Waals surface area contributed by atoms with E-state index in [1.807, 2.05) is 24.3 Å². The number of carbonyl (C=O) groups is 1. The summed E-state index contributed by atoms with van der Waals surface area (Å²) in [6.07, 6.45) is 1.80. The van der Waals surface area contributed by atoms with Crippen molar-refractivity contribution in [2.75, 3.05) is 28.4 Å². The summed E-state index contributed by atoms with van der Waals surface area (Å²) in [4.78, 5) is 12.5. The number of fused-ring (bicyclic) bond motifs is 3. The highest BCUT2D eigenvalue weighted by Gasteiger charge is 2.43. The lowest BCUT2D eigenvalue weighted by Gasteiger charge is -2.30. The van der Waals surface area contributed by atoms with Gasteiger partial charge in [-0.15, -0.1) is 0 Å². The number of nitrogens with zero attached hydrogens (tertiary/aromatic N) is 2. The molecule has 2 atom stereocenters. The highest BCUT2D eigenvalue weighted by molar-refractivity contribution is 6.07. The van der Waals surface area contributed by atoms with Gasteiger partial charge in [0.2, 0.25) is 11.7 Å². The van der Waals surface area contributed by atoms with Crippen molar-refractivity contribution in [1.29, 1.82) is 0 Å². The molecule has 0 bridgehead atoms. The van der Waals surface area contributed by atoms with Crippen molar-refractivity contribution in [3.05, 3.63) is 47.0 Å². The second kappa shape index (κ2) is 7.89. The molecule has 158 valence electrons. The molecule has 0 fully saturated rings. The molecule has 0 N–H and O–H groups in total. The molecule has 7 heteroatoms. The fraction of sp³-hybridized carbons (Fsp3) is 0.391. The highest BCUT2D eigenvalue weighted by Crippen LogP contribution is 2.47. The molecule has 1 heterocycles. The van der Waals surface area contributed by atoms with Gasteiger partial charge in [-0.2, -0.15) is 5.10 Å². The van der Waals surface area contributed by atoms with Crippen LogP contribution < -0.4 is 18.9 Å². The molecule has 2 aliphatic rings. The third-order valence-electron chi connectivity index (χ3n) is 5.88. The lowest BCUT2D eigenvalue weighted by Crippen LogP contribution is -2.31. The number of benzene rings is 2. The number of carbonyl (C=O) groups excluding carboxylic acids is 1. The average Bonchev–Trinajstić information content (AvgIpc) is 3.18. The number of methoxy groups -OCH3 is 4. The van der Waals surface area contributed by atoms with Gasteiger partial charge < -0.3 is 18.9 Å². The molecule has 0 saturated heterocycles. The van der Waals surface area contributed by atoms with Gasteiger partial charge in [-0.25, -0.2) is 5.01 Å². The van der Waals surface area contributed by atoms with Crippen LogP contribution in [0.2, 0.25) is 0 Å². The number of amides is 1. The zero-order valence-corrected chi connectivity index (χ0v) is 17.9. The topological polar surface area (TPSA) is 69.6 Å². The van der Waals surface area contributed by atoms with Gasteiger partial charge in [0.1, 0.15) is 5.75 Å². The highest BCUT2D eigenvalue weighted by atomic mass is 16.5. The quantitative estimate of drug-likeness (QED) is 0.753. The Morgan fingerprint density at radius 1 is 1.00 bits per heavy atom. The first-order valence-corrected chi connectivity index (χ1v) is 9.87. The number of ether oxygens (including phenoxy) is 4. The second-order valence-electron chi connectivity index (χ2n) is 7.42. The maximum Gasteiger partial charge on any atom is 0.240 e. The molecule has 30 heavy (non-hydrogen) atoms. The first-order chi connectivity index (χ1) is 14.5. The number of hydrogen-bond acceptors (Lipinski definition) is 6. The van der Waals surface area contributed by atoms with Crippen molar-refractivity contribution < 1.29 is 23.7 Å². The Labute approximate surface area is 176 Å². The van der Waals surface area contributed by atoms with Gasteiger partial charge in [-0.05, 0) is 48.2 Å². The monoisotopic (exact) mass is 410 g/mol. The molecule has 1 amide bonds. The van der Waals surface area contributed by atoms with E-state index in [1.165, 1.54) is 5.56 Å². The van der Waals surface area contributed by atoms with Crippen LogP contribution in [0, 0.1) is 5.92 Å². The van der Waals surface area contributed by atoms with Crippen LogP contribution in [-0.2, 0) is 11.2 Å². The standard InChI is InChI=1S/C23H26N2O5/c1-13(26)25-22(15-10-19(28-3)23(30-5)20(11-15)29-4)17-9-7-14-6-8-16(27-2)12-18(14)21(17)24-25/h6,8,10-12,17,22H,7,9H2,1-5H3. The van der Waals surface area contributed by atoms with Crippen molar-refractivity contribution in [1.82, 2.24) is 5.01 Å². The Morgan fingerprint density at radius 2 is 1.70 bits per heavy atom. The fourth-order valence-corrected chi connectivity index (χ4v) is 4.48. The lowest BCUT2D eigenvalue weighted by molar-refractivity contribution is -0.131. The molecule has 0 radical (unpaired) electrons. The van der Waals surface area contributed by atoms with E-state index in [4.69, 9.17) is 24.0 Å². The van der Waals surface area contributed by atoms with Crippen molar-refractivity contribution >= 4 is 11.6 Å². The van der Waals surface area contributed by atoms with Gasteiger partial charge >= 0.3 is 0 Å². The van der Waals surface area contributed by atoms with Crippen LogP contribution in [0.3, 0.4) is 0 Å². The first kappa shape index (κ1) is 20.1. The Balaban J connectivity index is 1.83. The second-order valence-corrected chi connectivity index (χ2v) is 7.42. The molecule has 0 saturated carbocycles. The van der Waals surface area contributed by atoms with E-state index >= 15 is 0 Å². The maximum atomic E-state index is 12.5. The Bertz CT molecular complexity index is 992. The van der Waals surface area contributed by atoms with E-state index in [-0.39, 0.29) is 17.9 Å². The minimum absolute atomic E-state index is 0.0660. The minimum atomic E-state index is -0.245. The molecule has 1 aliphatic heterocycles. The van der Waals surface area contributed by atoms with Gasteiger partial charge in [0, 0.05) is 18.4 Å². The van der Waals surface area contributed by atoms with E-state index in [0.29, 0.717) is 17.2 Å². The molecule has 0 aromatic heterocycles. The smallest absolute Gasteiger partial charge is 0.240 e. The first-order valence-electron chi connectivity index (χ1n) is 9.87. The van der Waals surface area contributed by atoms with E-state index in [1.54, 1.807) is 40.4 Å². The van der Waals surface area contributed by atoms with Gasteiger partial charge in [-0.1, -0.05) is 6.07 Å². The summed E-state index contributed by atoms with van der Waals surface area (Å²) >= 11 is 0. The molecular formula is C23H26N2O5. The molecule has 2 aromatic rings. The summed E-state index contributed by atoms with van der Waals surface area (Å²) in [6, 6.07) is 9.62. The van der Waals surface area contributed by atoms with E-state index in [0.717, 1.165) is 35.4 Å². The van der Waals surface area contributed by atoms with Crippen LogP contribution in [-0.4, -0.2) is 45.1 Å². The van der Waals surface area contributed by atoms with Crippen molar-refractivity contribution in [2.24, 2.45) is 11.0 Å². The van der Waals surface area contributed by atoms with Gasteiger partial charge in [0.15, 0.2) is 11.5 Å². The van der Waals surface area contributed by atoms with Gasteiger partial charge in [0.05, 0.1) is 40.2 Å². The predicted octanol–water partition coefficient (Wildman–Crippen LogP) is 3.59. The molecule has 7 nitrogen and oxygen atoms in total.